The Hall–Kier alpha value is -1.45. The van der Waals surface area contributed by atoms with Gasteiger partial charge in [0.1, 0.15) is 0 Å². The summed E-state index contributed by atoms with van der Waals surface area (Å²) in [4.78, 5) is 4.43. The summed E-state index contributed by atoms with van der Waals surface area (Å²) < 4.78 is 26.0. The van der Waals surface area contributed by atoms with E-state index in [1.54, 1.807) is 0 Å². The Balaban J connectivity index is 1.69. The summed E-state index contributed by atoms with van der Waals surface area (Å²) in [6, 6.07) is 0.581. The van der Waals surface area contributed by atoms with E-state index in [-0.39, 0.29) is 12.8 Å². The first-order chi connectivity index (χ1) is 10.3. The lowest BCUT2D eigenvalue weighted by Gasteiger charge is -2.41. The topological polar surface area (TPSA) is 24.4 Å². The van der Waals surface area contributed by atoms with Crippen LogP contribution in [-0.2, 0) is 0 Å². The Kier molecular flexibility index (Phi) is 3.74. The second kappa shape index (κ2) is 5.32. The average Bonchev–Trinajstić information content (AvgIpc) is 3.11. The summed E-state index contributed by atoms with van der Waals surface area (Å²) in [6.45, 7) is 7.81. The minimum absolute atomic E-state index is 0.124. The first kappa shape index (κ1) is 15.4. The Labute approximate surface area is 131 Å². The Bertz CT molecular complexity index is 564. The van der Waals surface area contributed by atoms with Crippen molar-refractivity contribution in [2.45, 2.75) is 63.5 Å². The van der Waals surface area contributed by atoms with E-state index in [1.165, 1.54) is 17.6 Å². The van der Waals surface area contributed by atoms with Gasteiger partial charge in [0.05, 0.1) is 5.54 Å². The van der Waals surface area contributed by atoms with Crippen LogP contribution in [0.2, 0.25) is 0 Å². The standard InChI is InChI=1S/C18H24F2N2/c1-4-13-9-21-16-8-15(16)7-14(12(13)2)5-6-22-17(3)10-18(19,20)11-17/h4,6,9,15-16,21H,1,5,7-8,10-11H2,2-3H3/b13-9-,14-12-,22-6+. The lowest BCUT2D eigenvalue weighted by molar-refractivity contribution is -0.115. The molecule has 0 aromatic heterocycles. The number of rotatable bonds is 4. The fraction of sp³-hybridized carbons (Fsp3) is 0.611. The predicted octanol–water partition coefficient (Wildman–Crippen LogP) is 4.40. The second-order valence-electron chi connectivity index (χ2n) is 7.23. The van der Waals surface area contributed by atoms with Gasteiger partial charge in [-0.15, -0.1) is 0 Å². The summed E-state index contributed by atoms with van der Waals surface area (Å²) in [7, 11) is 0. The molecule has 0 aromatic carbocycles. The van der Waals surface area contributed by atoms with Gasteiger partial charge in [-0.3, -0.25) is 4.99 Å². The molecule has 22 heavy (non-hydrogen) atoms. The van der Waals surface area contributed by atoms with Gasteiger partial charge in [0.2, 0.25) is 0 Å². The molecule has 0 saturated heterocycles. The number of nitrogens with zero attached hydrogens (tertiary/aromatic N) is 1. The molecular weight excluding hydrogens is 282 g/mol. The minimum Gasteiger partial charge on any atom is -0.387 e. The molecule has 1 N–H and O–H groups in total. The van der Waals surface area contributed by atoms with Crippen LogP contribution in [0, 0.1) is 5.92 Å². The van der Waals surface area contributed by atoms with E-state index in [9.17, 15) is 8.78 Å². The fourth-order valence-corrected chi connectivity index (χ4v) is 3.63. The lowest BCUT2D eigenvalue weighted by atomic mass is 9.75. The van der Waals surface area contributed by atoms with E-state index >= 15 is 0 Å². The van der Waals surface area contributed by atoms with Crippen LogP contribution in [0.5, 0.6) is 0 Å². The summed E-state index contributed by atoms with van der Waals surface area (Å²) in [5, 5.41) is 3.43. The highest BCUT2D eigenvalue weighted by atomic mass is 19.3. The SMILES string of the molecule is C=CC1=C/NC2CC2C/C(C/C=N/C2(C)CC(F)(F)C2)=C\1C. The fourth-order valence-electron chi connectivity index (χ4n) is 3.63. The average molecular weight is 306 g/mol. The molecule has 120 valence electrons. The zero-order chi connectivity index (χ0) is 16.0. The number of allylic oxidation sites excluding steroid dienone is 4. The lowest BCUT2D eigenvalue weighted by Crippen LogP contribution is -2.48. The van der Waals surface area contributed by atoms with Crippen molar-refractivity contribution < 1.29 is 8.78 Å². The van der Waals surface area contributed by atoms with Crippen molar-refractivity contribution in [3.63, 3.8) is 0 Å². The van der Waals surface area contributed by atoms with Crippen molar-refractivity contribution in [1.82, 2.24) is 5.32 Å². The van der Waals surface area contributed by atoms with Gasteiger partial charge in [0.25, 0.3) is 5.92 Å². The van der Waals surface area contributed by atoms with Crippen LogP contribution in [0.15, 0.2) is 40.6 Å². The van der Waals surface area contributed by atoms with Crippen LogP contribution in [0.1, 0.15) is 46.0 Å². The van der Waals surface area contributed by atoms with Gasteiger partial charge in [-0.25, -0.2) is 8.78 Å². The molecule has 0 bridgehead atoms. The predicted molar refractivity (Wildman–Crippen MR) is 86.3 cm³/mol. The van der Waals surface area contributed by atoms with Crippen LogP contribution in [0.25, 0.3) is 0 Å². The van der Waals surface area contributed by atoms with E-state index < -0.39 is 11.5 Å². The highest BCUT2D eigenvalue weighted by molar-refractivity contribution is 5.63. The number of nitrogens with one attached hydrogen (secondary N) is 1. The molecule has 3 aliphatic rings. The maximum Gasteiger partial charge on any atom is 0.252 e. The molecule has 0 amide bonds. The highest BCUT2D eigenvalue weighted by Gasteiger charge is 2.53. The summed E-state index contributed by atoms with van der Waals surface area (Å²) >= 11 is 0. The molecule has 1 aliphatic heterocycles. The highest BCUT2D eigenvalue weighted by Crippen LogP contribution is 2.47. The van der Waals surface area contributed by atoms with Gasteiger partial charge in [0, 0.05) is 37.7 Å². The number of hydrogen-bond donors (Lipinski definition) is 1. The molecule has 4 heteroatoms. The molecule has 0 aromatic rings. The largest absolute Gasteiger partial charge is 0.387 e. The quantitative estimate of drug-likeness (QED) is 0.765. The number of aliphatic imine (C=N–C) groups is 1. The zero-order valence-electron chi connectivity index (χ0n) is 13.3. The maximum atomic E-state index is 13.0. The van der Waals surface area contributed by atoms with E-state index in [1.807, 2.05) is 19.2 Å². The molecular formula is C18H24F2N2. The van der Waals surface area contributed by atoms with Crippen molar-refractivity contribution in [2.24, 2.45) is 10.9 Å². The van der Waals surface area contributed by atoms with E-state index in [0.717, 1.165) is 18.4 Å². The third kappa shape index (κ3) is 3.16. The van der Waals surface area contributed by atoms with Gasteiger partial charge in [-0.2, -0.15) is 0 Å². The molecule has 3 rings (SSSR count). The van der Waals surface area contributed by atoms with Gasteiger partial charge < -0.3 is 5.32 Å². The number of alkyl halides is 2. The van der Waals surface area contributed by atoms with Gasteiger partial charge in [0.15, 0.2) is 0 Å². The van der Waals surface area contributed by atoms with Gasteiger partial charge >= 0.3 is 0 Å². The monoisotopic (exact) mass is 306 g/mol. The first-order valence-electron chi connectivity index (χ1n) is 8.01. The molecule has 2 atom stereocenters. The van der Waals surface area contributed by atoms with Crippen LogP contribution in [0.3, 0.4) is 0 Å². The van der Waals surface area contributed by atoms with Gasteiger partial charge in [-0.05, 0) is 43.8 Å². The molecule has 2 unspecified atom stereocenters. The van der Waals surface area contributed by atoms with Crippen LogP contribution in [-0.4, -0.2) is 23.7 Å². The third-order valence-electron chi connectivity index (χ3n) is 5.09. The van der Waals surface area contributed by atoms with Crippen LogP contribution in [0.4, 0.5) is 8.78 Å². The normalized spacial score (nSPS) is 37.9. The second-order valence-corrected chi connectivity index (χ2v) is 7.23. The van der Waals surface area contributed by atoms with E-state index in [4.69, 9.17) is 0 Å². The molecule has 2 nitrogen and oxygen atoms in total. The van der Waals surface area contributed by atoms with Crippen LogP contribution < -0.4 is 5.32 Å². The summed E-state index contributed by atoms with van der Waals surface area (Å²) in [5.74, 6) is -1.82. The Morgan fingerprint density at radius 1 is 1.45 bits per heavy atom. The van der Waals surface area contributed by atoms with E-state index in [0.29, 0.717) is 12.0 Å². The maximum absolute atomic E-state index is 13.0. The molecule has 2 fully saturated rings. The zero-order valence-corrected chi connectivity index (χ0v) is 13.3. The Morgan fingerprint density at radius 2 is 2.18 bits per heavy atom. The number of hydrogen-bond acceptors (Lipinski definition) is 2. The summed E-state index contributed by atoms with van der Waals surface area (Å²) in [5.41, 5.74) is 3.15. The van der Waals surface area contributed by atoms with E-state index in [2.05, 4.69) is 30.0 Å². The molecule has 0 spiro atoms. The molecule has 1 heterocycles. The third-order valence-corrected chi connectivity index (χ3v) is 5.09. The van der Waals surface area contributed by atoms with Crippen molar-refractivity contribution in [3.05, 3.63) is 35.6 Å². The van der Waals surface area contributed by atoms with Crippen molar-refractivity contribution >= 4 is 6.21 Å². The smallest absolute Gasteiger partial charge is 0.252 e. The first-order valence-corrected chi connectivity index (χ1v) is 8.01. The van der Waals surface area contributed by atoms with Crippen molar-refractivity contribution in [2.75, 3.05) is 0 Å². The molecule has 2 aliphatic carbocycles. The Morgan fingerprint density at radius 3 is 2.82 bits per heavy atom. The molecule has 0 radical (unpaired) electrons. The minimum atomic E-state index is -2.52. The summed E-state index contributed by atoms with van der Waals surface area (Å²) in [6.07, 6.45) is 8.55. The van der Waals surface area contributed by atoms with Crippen molar-refractivity contribution in [1.29, 1.82) is 0 Å². The number of fused-ring (bicyclic) bond motifs is 1. The van der Waals surface area contributed by atoms with Crippen molar-refractivity contribution in [3.8, 4) is 0 Å². The van der Waals surface area contributed by atoms with Gasteiger partial charge in [-0.1, -0.05) is 18.2 Å². The van der Waals surface area contributed by atoms with Crippen LogP contribution >= 0.6 is 0 Å². The molecule has 2 saturated carbocycles. The number of halogens is 2.